The van der Waals surface area contributed by atoms with Crippen LogP contribution < -0.4 is 5.32 Å². The van der Waals surface area contributed by atoms with Crippen molar-refractivity contribution in [2.45, 2.75) is 38.4 Å². The number of carbonyl (C=O) groups is 2. The zero-order valence-corrected chi connectivity index (χ0v) is 22.1. The molecule has 0 saturated carbocycles. The third kappa shape index (κ3) is 6.36. The summed E-state index contributed by atoms with van der Waals surface area (Å²) in [7, 11) is 0. The van der Waals surface area contributed by atoms with Crippen LogP contribution in [0.5, 0.6) is 0 Å². The molecule has 3 aromatic carbocycles. The smallest absolute Gasteiger partial charge is 0.250 e. The van der Waals surface area contributed by atoms with E-state index in [-0.39, 0.29) is 18.2 Å². The molecule has 0 bridgehead atoms. The highest BCUT2D eigenvalue weighted by Gasteiger charge is 2.32. The molecule has 1 aromatic heterocycles. The molecule has 1 aliphatic heterocycles. The molecular weight excluding hydrogens is 510 g/mol. The lowest BCUT2D eigenvalue weighted by Crippen LogP contribution is -2.42. The van der Waals surface area contributed by atoms with Gasteiger partial charge < -0.3 is 14.8 Å². The maximum absolute atomic E-state index is 13.7. The average molecular weight is 538 g/mol. The minimum absolute atomic E-state index is 0.126. The number of fused-ring (bicyclic) bond motifs is 1. The van der Waals surface area contributed by atoms with Gasteiger partial charge in [-0.05, 0) is 59.4 Å². The van der Waals surface area contributed by atoms with E-state index in [4.69, 9.17) is 16.9 Å². The Kier molecular flexibility index (Phi) is 8.04. The summed E-state index contributed by atoms with van der Waals surface area (Å²) >= 11 is 6.17. The SMILES string of the molecule is N#Cc1ccc(Cn2cncc2CCC(=O)NC2C(=O)N(Cc3cccc(Cl)c3)CCc3ccccc32)cc1. The van der Waals surface area contributed by atoms with Gasteiger partial charge in [0.15, 0.2) is 0 Å². The number of carbonyl (C=O) groups excluding carboxylic acids is 2. The predicted octanol–water partition coefficient (Wildman–Crippen LogP) is 4.83. The maximum atomic E-state index is 13.7. The third-order valence-corrected chi connectivity index (χ3v) is 7.22. The fourth-order valence-corrected chi connectivity index (χ4v) is 5.14. The molecule has 1 unspecified atom stereocenters. The third-order valence-electron chi connectivity index (χ3n) is 6.99. The number of nitriles is 1. The Morgan fingerprint density at radius 1 is 1.05 bits per heavy atom. The largest absolute Gasteiger partial charge is 0.341 e. The minimum Gasteiger partial charge on any atom is -0.341 e. The number of halogens is 1. The normalized spacial score (nSPS) is 14.8. The van der Waals surface area contributed by atoms with E-state index in [0.717, 1.165) is 27.9 Å². The first-order chi connectivity index (χ1) is 19.0. The number of aryl methyl sites for hydroxylation is 1. The van der Waals surface area contributed by atoms with E-state index in [2.05, 4.69) is 16.4 Å². The summed E-state index contributed by atoms with van der Waals surface area (Å²) in [5.41, 5.74) is 5.42. The lowest BCUT2D eigenvalue weighted by molar-refractivity contribution is -0.136. The fraction of sp³-hybridized carbons (Fsp3) is 0.226. The van der Waals surface area contributed by atoms with E-state index in [1.54, 1.807) is 29.6 Å². The van der Waals surface area contributed by atoms with Crippen LogP contribution in [0.1, 0.15) is 46.0 Å². The van der Waals surface area contributed by atoms with Gasteiger partial charge in [0.05, 0.1) is 18.0 Å². The van der Waals surface area contributed by atoms with Gasteiger partial charge >= 0.3 is 0 Å². The molecule has 196 valence electrons. The van der Waals surface area contributed by atoms with Crippen molar-refractivity contribution in [2.75, 3.05) is 6.54 Å². The van der Waals surface area contributed by atoms with Gasteiger partial charge in [0.1, 0.15) is 6.04 Å². The van der Waals surface area contributed by atoms with Crippen LogP contribution in [0.4, 0.5) is 0 Å². The van der Waals surface area contributed by atoms with Crippen molar-refractivity contribution in [3.8, 4) is 6.07 Å². The van der Waals surface area contributed by atoms with Crippen molar-refractivity contribution in [3.63, 3.8) is 0 Å². The lowest BCUT2D eigenvalue weighted by atomic mass is 9.99. The second-order valence-corrected chi connectivity index (χ2v) is 10.1. The number of aromatic nitrogens is 2. The number of benzene rings is 3. The van der Waals surface area contributed by atoms with Crippen molar-refractivity contribution in [2.24, 2.45) is 0 Å². The fourth-order valence-electron chi connectivity index (χ4n) is 4.93. The van der Waals surface area contributed by atoms with Gasteiger partial charge in [0.25, 0.3) is 0 Å². The Balaban J connectivity index is 1.27. The Bertz CT molecular complexity index is 1520. The molecule has 0 saturated heterocycles. The van der Waals surface area contributed by atoms with Crippen molar-refractivity contribution in [1.29, 1.82) is 5.26 Å². The second kappa shape index (κ2) is 12.0. The lowest BCUT2D eigenvalue weighted by Gasteiger charge is -2.26. The number of rotatable bonds is 8. The zero-order valence-electron chi connectivity index (χ0n) is 21.4. The number of nitrogens with one attached hydrogen (secondary N) is 1. The zero-order chi connectivity index (χ0) is 27.2. The van der Waals surface area contributed by atoms with E-state index >= 15 is 0 Å². The van der Waals surface area contributed by atoms with Gasteiger partial charge in [-0.3, -0.25) is 9.59 Å². The summed E-state index contributed by atoms with van der Waals surface area (Å²) in [6.45, 7) is 1.58. The van der Waals surface area contributed by atoms with Crippen LogP contribution in [0.2, 0.25) is 5.02 Å². The van der Waals surface area contributed by atoms with E-state index in [1.165, 1.54) is 0 Å². The summed E-state index contributed by atoms with van der Waals surface area (Å²) in [5, 5.41) is 12.7. The van der Waals surface area contributed by atoms with Gasteiger partial charge in [0, 0.05) is 43.0 Å². The molecule has 5 rings (SSSR count). The maximum Gasteiger partial charge on any atom is 0.250 e. The first-order valence-electron chi connectivity index (χ1n) is 12.9. The molecular formula is C31H28ClN5O2. The number of hydrogen-bond donors (Lipinski definition) is 1. The Morgan fingerprint density at radius 3 is 2.67 bits per heavy atom. The van der Waals surface area contributed by atoms with E-state index in [9.17, 15) is 9.59 Å². The van der Waals surface area contributed by atoms with Crippen molar-refractivity contribution in [3.05, 3.63) is 124 Å². The minimum atomic E-state index is -0.751. The van der Waals surface area contributed by atoms with Crippen LogP contribution >= 0.6 is 11.6 Å². The Labute approximate surface area is 232 Å². The van der Waals surface area contributed by atoms with Crippen LogP contribution in [0.25, 0.3) is 0 Å². The van der Waals surface area contributed by atoms with E-state index in [1.807, 2.05) is 65.2 Å². The number of imidazole rings is 1. The molecule has 7 nitrogen and oxygen atoms in total. The van der Waals surface area contributed by atoms with Crippen molar-refractivity contribution in [1.82, 2.24) is 19.8 Å². The van der Waals surface area contributed by atoms with Gasteiger partial charge in [0.2, 0.25) is 11.8 Å². The molecule has 1 aliphatic rings. The van der Waals surface area contributed by atoms with Gasteiger partial charge in [-0.15, -0.1) is 0 Å². The Hall–Kier alpha value is -4.41. The predicted molar refractivity (Wildman–Crippen MR) is 149 cm³/mol. The molecule has 1 N–H and O–H groups in total. The molecule has 8 heteroatoms. The van der Waals surface area contributed by atoms with Crippen molar-refractivity contribution < 1.29 is 9.59 Å². The first kappa shape index (κ1) is 26.2. The van der Waals surface area contributed by atoms with Gasteiger partial charge in [-0.25, -0.2) is 4.98 Å². The molecule has 1 atom stereocenters. The molecule has 2 heterocycles. The van der Waals surface area contributed by atoms with Crippen LogP contribution in [-0.2, 0) is 35.5 Å². The highest BCUT2D eigenvalue weighted by molar-refractivity contribution is 6.30. The summed E-state index contributed by atoms with van der Waals surface area (Å²) in [4.78, 5) is 32.9. The number of amides is 2. The van der Waals surface area contributed by atoms with E-state index < -0.39 is 6.04 Å². The summed E-state index contributed by atoms with van der Waals surface area (Å²) in [6.07, 6.45) is 4.92. The number of hydrogen-bond acceptors (Lipinski definition) is 4. The Morgan fingerprint density at radius 2 is 1.87 bits per heavy atom. The highest BCUT2D eigenvalue weighted by Crippen LogP contribution is 2.26. The van der Waals surface area contributed by atoms with Crippen molar-refractivity contribution >= 4 is 23.4 Å². The molecule has 0 spiro atoms. The summed E-state index contributed by atoms with van der Waals surface area (Å²) in [6, 6.07) is 24.1. The quantitative estimate of drug-likeness (QED) is 0.348. The summed E-state index contributed by atoms with van der Waals surface area (Å²) in [5.74, 6) is -0.321. The topological polar surface area (TPSA) is 91.0 Å². The highest BCUT2D eigenvalue weighted by atomic mass is 35.5. The second-order valence-electron chi connectivity index (χ2n) is 9.66. The molecule has 0 radical (unpaired) electrons. The molecule has 0 fully saturated rings. The average Bonchev–Trinajstić information content (AvgIpc) is 3.35. The standard InChI is InChI=1S/C31H28ClN5O2/c32-26-6-3-4-24(16-26)20-36-15-14-25-5-1-2-7-28(25)30(31(36)39)35-29(38)13-12-27-18-34-21-37(27)19-23-10-8-22(17-33)9-11-23/h1-11,16,18,21,30H,12-15,19-20H2,(H,35,38). The van der Waals surface area contributed by atoms with Gasteiger partial charge in [-0.2, -0.15) is 5.26 Å². The van der Waals surface area contributed by atoms with Crippen LogP contribution in [0, 0.1) is 11.3 Å². The number of nitrogens with zero attached hydrogens (tertiary/aromatic N) is 4. The van der Waals surface area contributed by atoms with E-state index in [0.29, 0.717) is 43.1 Å². The van der Waals surface area contributed by atoms with Crippen LogP contribution in [0.15, 0.2) is 85.3 Å². The first-order valence-corrected chi connectivity index (χ1v) is 13.3. The molecule has 2 amide bonds. The van der Waals surface area contributed by atoms with Gasteiger partial charge in [-0.1, -0.05) is 60.1 Å². The van der Waals surface area contributed by atoms with Crippen LogP contribution in [0.3, 0.4) is 0 Å². The molecule has 4 aromatic rings. The molecule has 39 heavy (non-hydrogen) atoms. The monoisotopic (exact) mass is 537 g/mol. The molecule has 0 aliphatic carbocycles. The van der Waals surface area contributed by atoms with Crippen LogP contribution in [-0.4, -0.2) is 32.8 Å². The summed E-state index contributed by atoms with van der Waals surface area (Å²) < 4.78 is 1.99.